The molecular formula is C9H15N3O3. The zero-order chi connectivity index (χ0) is 11.4. The van der Waals surface area contributed by atoms with Gasteiger partial charge in [-0.2, -0.15) is 0 Å². The molecule has 0 bridgehead atoms. The minimum Gasteiger partial charge on any atom is -0.358 e. The van der Waals surface area contributed by atoms with E-state index in [1.165, 1.54) is 7.05 Å². The van der Waals surface area contributed by atoms with E-state index in [4.69, 9.17) is 0 Å². The molecule has 84 valence electrons. The molecule has 6 nitrogen and oxygen atoms in total. The Hall–Kier alpha value is -1.43. The summed E-state index contributed by atoms with van der Waals surface area (Å²) in [6.45, 7) is 1.67. The minimum atomic E-state index is -0.463. The average molecular weight is 213 g/mol. The number of amides is 3. The van der Waals surface area contributed by atoms with Gasteiger partial charge in [0.1, 0.15) is 0 Å². The van der Waals surface area contributed by atoms with Crippen LogP contribution in [0.4, 0.5) is 0 Å². The van der Waals surface area contributed by atoms with Gasteiger partial charge in [-0.15, -0.1) is 0 Å². The Kier molecular flexibility index (Phi) is 3.79. The monoisotopic (exact) mass is 213 g/mol. The summed E-state index contributed by atoms with van der Waals surface area (Å²) in [6, 6.07) is -0.908. The van der Waals surface area contributed by atoms with Crippen molar-refractivity contribution in [3.05, 3.63) is 0 Å². The van der Waals surface area contributed by atoms with Gasteiger partial charge in [0.05, 0.1) is 12.1 Å². The summed E-state index contributed by atoms with van der Waals surface area (Å²) in [7, 11) is 1.53. The smallest absolute Gasteiger partial charge is 0.243 e. The van der Waals surface area contributed by atoms with Crippen molar-refractivity contribution in [2.45, 2.75) is 31.8 Å². The van der Waals surface area contributed by atoms with Crippen LogP contribution in [0.25, 0.3) is 0 Å². The van der Waals surface area contributed by atoms with Gasteiger partial charge in [-0.05, 0) is 13.3 Å². The van der Waals surface area contributed by atoms with Crippen LogP contribution in [0.3, 0.4) is 0 Å². The molecular weight excluding hydrogens is 198 g/mol. The maximum atomic E-state index is 11.3. The average Bonchev–Trinajstić information content (AvgIpc) is 2.20. The first-order valence-electron chi connectivity index (χ1n) is 4.86. The van der Waals surface area contributed by atoms with Crippen molar-refractivity contribution < 1.29 is 14.4 Å². The molecule has 6 heteroatoms. The van der Waals surface area contributed by atoms with Gasteiger partial charge in [0, 0.05) is 13.5 Å². The highest BCUT2D eigenvalue weighted by atomic mass is 16.2. The summed E-state index contributed by atoms with van der Waals surface area (Å²) in [5.41, 5.74) is 0. The van der Waals surface area contributed by atoms with Crippen LogP contribution in [0, 0.1) is 0 Å². The number of rotatable bonds is 3. The molecule has 0 aromatic rings. The van der Waals surface area contributed by atoms with E-state index in [0.717, 1.165) is 0 Å². The van der Waals surface area contributed by atoms with Crippen LogP contribution < -0.4 is 16.0 Å². The molecule has 3 N–H and O–H groups in total. The molecule has 1 heterocycles. The predicted octanol–water partition coefficient (Wildman–Crippen LogP) is -1.48. The SMILES string of the molecule is CNC(=O)C(C)NC1CCC(=O)NC1=O. The molecule has 1 rings (SSSR count). The quantitative estimate of drug-likeness (QED) is 0.499. The second-order valence-electron chi connectivity index (χ2n) is 3.51. The molecule has 1 fully saturated rings. The summed E-state index contributed by atoms with van der Waals surface area (Å²) in [5.74, 6) is -0.799. The standard InChI is InChI=1S/C9H15N3O3/c1-5(8(14)10-2)11-6-3-4-7(13)12-9(6)15/h5-6,11H,3-4H2,1-2H3,(H,10,14)(H,12,13,15). The van der Waals surface area contributed by atoms with E-state index in [0.29, 0.717) is 12.8 Å². The van der Waals surface area contributed by atoms with Crippen LogP contribution in [0.2, 0.25) is 0 Å². The van der Waals surface area contributed by atoms with E-state index in [1.807, 2.05) is 0 Å². The molecule has 1 aliphatic heterocycles. The molecule has 1 aliphatic rings. The molecule has 0 aromatic carbocycles. The minimum absolute atomic E-state index is 0.181. The molecule has 3 amide bonds. The van der Waals surface area contributed by atoms with Gasteiger partial charge >= 0.3 is 0 Å². The van der Waals surface area contributed by atoms with Crippen LogP contribution in [-0.2, 0) is 14.4 Å². The molecule has 1 saturated heterocycles. The molecule has 0 radical (unpaired) electrons. The topological polar surface area (TPSA) is 87.3 Å². The van der Waals surface area contributed by atoms with Crippen LogP contribution in [-0.4, -0.2) is 36.9 Å². The first-order valence-corrected chi connectivity index (χ1v) is 4.86. The van der Waals surface area contributed by atoms with Crippen molar-refractivity contribution in [1.29, 1.82) is 0 Å². The molecule has 15 heavy (non-hydrogen) atoms. The van der Waals surface area contributed by atoms with E-state index in [-0.39, 0.29) is 17.7 Å². The Morgan fingerprint density at radius 1 is 1.53 bits per heavy atom. The Balaban J connectivity index is 2.48. The third kappa shape index (κ3) is 3.02. The molecule has 0 aromatic heterocycles. The largest absolute Gasteiger partial charge is 0.358 e. The number of nitrogens with one attached hydrogen (secondary N) is 3. The van der Waals surface area contributed by atoms with E-state index in [1.54, 1.807) is 6.92 Å². The molecule has 0 spiro atoms. The van der Waals surface area contributed by atoms with E-state index in [9.17, 15) is 14.4 Å². The van der Waals surface area contributed by atoms with E-state index in [2.05, 4.69) is 16.0 Å². The zero-order valence-electron chi connectivity index (χ0n) is 8.79. The first-order chi connectivity index (χ1) is 7.04. The van der Waals surface area contributed by atoms with E-state index >= 15 is 0 Å². The van der Waals surface area contributed by atoms with Crippen LogP contribution in [0.15, 0.2) is 0 Å². The number of hydrogen-bond acceptors (Lipinski definition) is 4. The maximum Gasteiger partial charge on any atom is 0.243 e. The molecule has 0 saturated carbocycles. The van der Waals surface area contributed by atoms with Gasteiger partial charge < -0.3 is 5.32 Å². The van der Waals surface area contributed by atoms with Gasteiger partial charge in [-0.25, -0.2) is 0 Å². The summed E-state index contributed by atoms with van der Waals surface area (Å²) >= 11 is 0. The van der Waals surface area contributed by atoms with Gasteiger partial charge in [-0.3, -0.25) is 25.0 Å². The van der Waals surface area contributed by atoms with Crippen molar-refractivity contribution in [2.24, 2.45) is 0 Å². The number of carbonyl (C=O) groups excluding carboxylic acids is 3. The summed E-state index contributed by atoms with van der Waals surface area (Å²) < 4.78 is 0. The number of carbonyl (C=O) groups is 3. The highest BCUT2D eigenvalue weighted by Gasteiger charge is 2.28. The Morgan fingerprint density at radius 2 is 2.20 bits per heavy atom. The number of piperidine rings is 1. The highest BCUT2D eigenvalue weighted by Crippen LogP contribution is 2.05. The lowest BCUT2D eigenvalue weighted by Gasteiger charge is -2.24. The van der Waals surface area contributed by atoms with Gasteiger partial charge in [0.25, 0.3) is 0 Å². The van der Waals surface area contributed by atoms with Gasteiger partial charge in [-0.1, -0.05) is 0 Å². The second kappa shape index (κ2) is 4.88. The third-order valence-electron chi connectivity index (χ3n) is 2.33. The Bertz CT molecular complexity index is 290. The van der Waals surface area contributed by atoms with Crippen LogP contribution >= 0.6 is 0 Å². The molecule has 2 atom stereocenters. The second-order valence-corrected chi connectivity index (χ2v) is 3.51. The van der Waals surface area contributed by atoms with Crippen molar-refractivity contribution in [2.75, 3.05) is 7.05 Å². The van der Waals surface area contributed by atoms with E-state index < -0.39 is 12.1 Å². The van der Waals surface area contributed by atoms with Crippen molar-refractivity contribution in [3.63, 3.8) is 0 Å². The third-order valence-corrected chi connectivity index (χ3v) is 2.33. The molecule has 0 aliphatic carbocycles. The predicted molar refractivity (Wildman–Crippen MR) is 52.8 cm³/mol. The van der Waals surface area contributed by atoms with Crippen molar-refractivity contribution >= 4 is 17.7 Å². The van der Waals surface area contributed by atoms with Crippen molar-refractivity contribution in [1.82, 2.24) is 16.0 Å². The van der Waals surface area contributed by atoms with Gasteiger partial charge in [0.2, 0.25) is 17.7 Å². The van der Waals surface area contributed by atoms with Crippen molar-refractivity contribution in [3.8, 4) is 0 Å². The Morgan fingerprint density at radius 3 is 2.73 bits per heavy atom. The van der Waals surface area contributed by atoms with Gasteiger partial charge in [0.15, 0.2) is 0 Å². The number of likely N-dealkylation sites (N-methyl/N-ethyl adjacent to an activating group) is 1. The summed E-state index contributed by atoms with van der Waals surface area (Å²) in [4.78, 5) is 33.4. The zero-order valence-corrected chi connectivity index (χ0v) is 8.79. The fourth-order valence-electron chi connectivity index (χ4n) is 1.45. The normalized spacial score (nSPS) is 23.2. The maximum absolute atomic E-state index is 11.3. The lowest BCUT2D eigenvalue weighted by molar-refractivity contribution is -0.135. The highest BCUT2D eigenvalue weighted by molar-refractivity contribution is 6.00. The number of imide groups is 1. The van der Waals surface area contributed by atoms with Crippen LogP contribution in [0.1, 0.15) is 19.8 Å². The molecule has 2 unspecified atom stereocenters. The fourth-order valence-corrected chi connectivity index (χ4v) is 1.45. The summed E-state index contributed by atoms with van der Waals surface area (Å²) in [6.07, 6.45) is 0.746. The summed E-state index contributed by atoms with van der Waals surface area (Å²) in [5, 5.41) is 7.56. The fraction of sp³-hybridized carbons (Fsp3) is 0.667. The van der Waals surface area contributed by atoms with Crippen LogP contribution in [0.5, 0.6) is 0 Å². The Labute approximate surface area is 87.8 Å². The number of hydrogen-bond donors (Lipinski definition) is 3. The first kappa shape index (κ1) is 11.6. The lowest BCUT2D eigenvalue weighted by atomic mass is 10.1. The lowest BCUT2D eigenvalue weighted by Crippen LogP contribution is -2.55.